The second-order valence-electron chi connectivity index (χ2n) is 5.91. The number of primary sulfonamides is 1. The van der Waals surface area contributed by atoms with E-state index >= 15 is 0 Å². The molecule has 0 fully saturated rings. The highest BCUT2D eigenvalue weighted by atomic mass is 32.2. The van der Waals surface area contributed by atoms with Gasteiger partial charge >= 0.3 is 5.97 Å². The minimum absolute atomic E-state index is 0.00366. The lowest BCUT2D eigenvalue weighted by Crippen LogP contribution is -2.12. The summed E-state index contributed by atoms with van der Waals surface area (Å²) in [7, 11) is -3.79. The Hall–Kier alpha value is -2.97. The van der Waals surface area contributed by atoms with Gasteiger partial charge in [0.1, 0.15) is 0 Å². The number of hydrogen-bond acceptors (Lipinski definition) is 4. The molecule has 0 amide bonds. The molecule has 7 nitrogen and oxygen atoms in total. The monoisotopic (exact) mass is 371 g/mol. The van der Waals surface area contributed by atoms with Gasteiger partial charge < -0.3 is 5.11 Å². The molecule has 0 saturated heterocycles. The van der Waals surface area contributed by atoms with Gasteiger partial charge in [0.2, 0.25) is 10.0 Å². The molecule has 0 aliphatic heterocycles. The van der Waals surface area contributed by atoms with E-state index in [1.165, 1.54) is 12.1 Å². The van der Waals surface area contributed by atoms with Crippen LogP contribution in [0.4, 0.5) is 0 Å². The van der Waals surface area contributed by atoms with Gasteiger partial charge in [0.05, 0.1) is 28.4 Å². The number of aliphatic carboxylic acids is 1. The Bertz CT molecular complexity index is 1050. The molecule has 0 aliphatic rings. The molecule has 0 saturated carbocycles. The number of benzene rings is 2. The van der Waals surface area contributed by atoms with Gasteiger partial charge in [0.15, 0.2) is 0 Å². The van der Waals surface area contributed by atoms with Crippen LogP contribution in [0.25, 0.3) is 16.9 Å². The van der Waals surface area contributed by atoms with Gasteiger partial charge in [-0.2, -0.15) is 5.10 Å². The first-order valence-electron chi connectivity index (χ1n) is 7.75. The molecule has 3 N–H and O–H groups in total. The van der Waals surface area contributed by atoms with Crippen molar-refractivity contribution in [3.8, 4) is 16.9 Å². The van der Waals surface area contributed by atoms with Crippen molar-refractivity contribution >= 4 is 16.0 Å². The number of sulfonamides is 1. The van der Waals surface area contributed by atoms with Crippen LogP contribution in [0.2, 0.25) is 0 Å². The van der Waals surface area contributed by atoms with Crippen molar-refractivity contribution in [2.45, 2.75) is 18.2 Å². The number of rotatable bonds is 5. The maximum atomic E-state index is 11.4. The van der Waals surface area contributed by atoms with E-state index in [1.54, 1.807) is 22.9 Å². The topological polar surface area (TPSA) is 115 Å². The van der Waals surface area contributed by atoms with Gasteiger partial charge in [-0.05, 0) is 37.3 Å². The summed E-state index contributed by atoms with van der Waals surface area (Å²) in [4.78, 5) is 11.0. The SMILES string of the molecule is Cc1ccc(-c2cc(CC(=O)O)nn2-c2ccc(S(N)(=O)=O)cc2)cc1. The predicted octanol–water partition coefficient (Wildman–Crippen LogP) is 2.12. The summed E-state index contributed by atoms with van der Waals surface area (Å²) in [6, 6.07) is 15.4. The van der Waals surface area contributed by atoms with Gasteiger partial charge in [0, 0.05) is 5.56 Å². The fourth-order valence-corrected chi connectivity index (χ4v) is 3.09. The van der Waals surface area contributed by atoms with E-state index in [0.717, 1.165) is 11.1 Å². The van der Waals surface area contributed by atoms with Crippen LogP contribution in [-0.4, -0.2) is 29.3 Å². The molecule has 2 aromatic carbocycles. The lowest BCUT2D eigenvalue weighted by atomic mass is 10.1. The molecular formula is C18H17N3O4S. The molecule has 134 valence electrons. The fraction of sp³-hybridized carbons (Fsp3) is 0.111. The molecule has 0 aliphatic carbocycles. The summed E-state index contributed by atoms with van der Waals surface area (Å²) in [5.41, 5.74) is 3.69. The molecule has 0 unspecified atom stereocenters. The lowest BCUT2D eigenvalue weighted by Gasteiger charge is -2.08. The van der Waals surface area contributed by atoms with E-state index in [1.807, 2.05) is 31.2 Å². The lowest BCUT2D eigenvalue weighted by molar-refractivity contribution is -0.136. The molecule has 1 heterocycles. The number of aryl methyl sites for hydroxylation is 1. The second kappa shape index (κ2) is 6.74. The third-order valence-corrected chi connectivity index (χ3v) is 4.78. The number of hydrogen-bond donors (Lipinski definition) is 2. The first-order chi connectivity index (χ1) is 12.2. The Labute approximate surface area is 150 Å². The molecule has 1 aromatic heterocycles. The van der Waals surface area contributed by atoms with Gasteiger partial charge in [-0.25, -0.2) is 18.2 Å². The molecule has 3 rings (SSSR count). The van der Waals surface area contributed by atoms with Crippen molar-refractivity contribution in [1.82, 2.24) is 9.78 Å². The highest BCUT2D eigenvalue weighted by Gasteiger charge is 2.15. The molecule has 0 bridgehead atoms. The van der Waals surface area contributed by atoms with E-state index in [-0.39, 0.29) is 11.3 Å². The molecule has 3 aromatic rings. The average Bonchev–Trinajstić information content (AvgIpc) is 2.98. The Kier molecular flexibility index (Phi) is 4.62. The summed E-state index contributed by atoms with van der Waals surface area (Å²) in [5.74, 6) is -0.977. The number of carboxylic acid groups (broad SMARTS) is 1. The first-order valence-corrected chi connectivity index (χ1v) is 9.30. The smallest absolute Gasteiger partial charge is 0.309 e. The van der Waals surface area contributed by atoms with Gasteiger partial charge in [-0.15, -0.1) is 0 Å². The van der Waals surface area contributed by atoms with E-state index in [9.17, 15) is 13.2 Å². The number of aromatic nitrogens is 2. The second-order valence-corrected chi connectivity index (χ2v) is 7.47. The molecule has 0 atom stereocenters. The van der Waals surface area contributed by atoms with Crippen LogP contribution >= 0.6 is 0 Å². The van der Waals surface area contributed by atoms with Crippen LogP contribution in [-0.2, 0) is 21.2 Å². The minimum Gasteiger partial charge on any atom is -0.481 e. The highest BCUT2D eigenvalue weighted by molar-refractivity contribution is 7.89. The molecular weight excluding hydrogens is 354 g/mol. The van der Waals surface area contributed by atoms with E-state index in [2.05, 4.69) is 5.10 Å². The maximum Gasteiger partial charge on any atom is 0.309 e. The Morgan fingerprint density at radius 2 is 1.73 bits per heavy atom. The molecule has 0 spiro atoms. The van der Waals surface area contributed by atoms with Crippen LogP contribution in [0.1, 0.15) is 11.3 Å². The minimum atomic E-state index is -3.79. The molecule has 8 heteroatoms. The van der Waals surface area contributed by atoms with Crippen molar-refractivity contribution in [1.29, 1.82) is 0 Å². The van der Waals surface area contributed by atoms with Crippen LogP contribution in [0.5, 0.6) is 0 Å². The Morgan fingerprint density at radius 1 is 1.12 bits per heavy atom. The van der Waals surface area contributed by atoms with E-state index in [0.29, 0.717) is 17.1 Å². The van der Waals surface area contributed by atoms with E-state index in [4.69, 9.17) is 10.2 Å². The molecule has 26 heavy (non-hydrogen) atoms. The predicted molar refractivity (Wildman–Crippen MR) is 96.5 cm³/mol. The zero-order chi connectivity index (χ0) is 18.9. The van der Waals surface area contributed by atoms with Crippen molar-refractivity contribution < 1.29 is 18.3 Å². The van der Waals surface area contributed by atoms with Crippen molar-refractivity contribution in [2.24, 2.45) is 5.14 Å². The van der Waals surface area contributed by atoms with Crippen LogP contribution < -0.4 is 5.14 Å². The summed E-state index contributed by atoms with van der Waals surface area (Å²) in [5, 5.41) is 18.5. The van der Waals surface area contributed by atoms with Crippen LogP contribution in [0.3, 0.4) is 0 Å². The van der Waals surface area contributed by atoms with Gasteiger partial charge in [-0.3, -0.25) is 4.79 Å². The Morgan fingerprint density at radius 3 is 2.27 bits per heavy atom. The van der Waals surface area contributed by atoms with Crippen molar-refractivity contribution in [2.75, 3.05) is 0 Å². The zero-order valence-corrected chi connectivity index (χ0v) is 14.8. The molecule has 0 radical (unpaired) electrons. The van der Waals surface area contributed by atoms with Crippen molar-refractivity contribution in [3.05, 3.63) is 65.9 Å². The number of nitrogens with zero attached hydrogens (tertiary/aromatic N) is 2. The normalized spacial score (nSPS) is 11.5. The maximum absolute atomic E-state index is 11.4. The summed E-state index contributed by atoms with van der Waals surface area (Å²) >= 11 is 0. The van der Waals surface area contributed by atoms with Gasteiger partial charge in [0.25, 0.3) is 0 Å². The average molecular weight is 371 g/mol. The third-order valence-electron chi connectivity index (χ3n) is 3.85. The van der Waals surface area contributed by atoms with E-state index < -0.39 is 16.0 Å². The zero-order valence-electron chi connectivity index (χ0n) is 14.0. The van der Waals surface area contributed by atoms with Crippen molar-refractivity contribution in [3.63, 3.8) is 0 Å². The van der Waals surface area contributed by atoms with Crippen LogP contribution in [0.15, 0.2) is 59.5 Å². The third kappa shape index (κ3) is 3.81. The largest absolute Gasteiger partial charge is 0.481 e. The van der Waals surface area contributed by atoms with Gasteiger partial charge in [-0.1, -0.05) is 29.8 Å². The first kappa shape index (κ1) is 17.8. The standard InChI is InChI=1S/C18H17N3O4S/c1-12-2-4-13(5-3-12)17-10-14(11-18(22)23)20-21(17)15-6-8-16(9-7-15)26(19,24)25/h2-10H,11H2,1H3,(H,22,23)(H2,19,24,25). The quantitative estimate of drug-likeness (QED) is 0.713. The Balaban J connectivity index is 2.11. The summed E-state index contributed by atoms with van der Waals surface area (Å²) in [6.45, 7) is 1.98. The number of carbonyl (C=O) groups is 1. The fourth-order valence-electron chi connectivity index (χ4n) is 2.58. The number of carboxylic acids is 1. The summed E-state index contributed by atoms with van der Waals surface area (Å²) in [6.07, 6.45) is -0.207. The highest BCUT2D eigenvalue weighted by Crippen LogP contribution is 2.25. The number of nitrogens with two attached hydrogens (primary N) is 1. The summed E-state index contributed by atoms with van der Waals surface area (Å²) < 4.78 is 24.4. The van der Waals surface area contributed by atoms with Crippen LogP contribution in [0, 0.1) is 6.92 Å².